The van der Waals surface area contributed by atoms with Gasteiger partial charge in [0.15, 0.2) is 9.84 Å². The number of carbonyl (C=O) groups excluding carboxylic acids is 1. The van der Waals surface area contributed by atoms with Crippen LogP contribution in [0.5, 0.6) is 0 Å². The van der Waals surface area contributed by atoms with Crippen molar-refractivity contribution < 1.29 is 13.2 Å². The van der Waals surface area contributed by atoms with E-state index < -0.39 is 9.84 Å². The maximum atomic E-state index is 13.2. The van der Waals surface area contributed by atoms with E-state index in [1.165, 1.54) is 6.07 Å². The Kier molecular flexibility index (Phi) is 5.21. The van der Waals surface area contributed by atoms with Gasteiger partial charge in [0.1, 0.15) is 0 Å². The minimum Gasteiger partial charge on any atom is -0.338 e. The van der Waals surface area contributed by atoms with Gasteiger partial charge in [0, 0.05) is 19.0 Å². The van der Waals surface area contributed by atoms with Crippen LogP contribution in [0.15, 0.2) is 53.4 Å². The number of piperidine rings is 1. The third-order valence-electron chi connectivity index (χ3n) is 5.20. The first-order valence-electron chi connectivity index (χ1n) is 9.46. The van der Waals surface area contributed by atoms with E-state index in [0.29, 0.717) is 13.1 Å². The molecule has 0 bridgehead atoms. The van der Waals surface area contributed by atoms with E-state index in [9.17, 15) is 13.2 Å². The Balaban J connectivity index is 1.61. The SMILES string of the molecule is CCS(=O)(=O)c1ccccc1C(=O)N1CCC[C@H](c2nc3ccccc3s2)C1. The number of para-hydroxylation sites is 1. The third-order valence-corrected chi connectivity index (χ3v) is 8.19. The number of rotatable bonds is 4. The highest BCUT2D eigenvalue weighted by Gasteiger charge is 2.30. The highest BCUT2D eigenvalue weighted by atomic mass is 32.2. The fraction of sp³-hybridized carbons (Fsp3) is 0.333. The number of likely N-dealkylation sites (tertiary alicyclic amines) is 1. The Morgan fingerprint density at radius 3 is 2.71 bits per heavy atom. The summed E-state index contributed by atoms with van der Waals surface area (Å²) < 4.78 is 26.0. The number of aromatic nitrogens is 1. The Bertz CT molecular complexity index is 1090. The lowest BCUT2D eigenvalue weighted by atomic mass is 9.98. The molecule has 1 atom stereocenters. The van der Waals surface area contributed by atoms with Gasteiger partial charge in [0.25, 0.3) is 5.91 Å². The number of hydrogen-bond acceptors (Lipinski definition) is 5. The second-order valence-electron chi connectivity index (χ2n) is 7.01. The molecule has 0 radical (unpaired) electrons. The van der Waals surface area contributed by atoms with Crippen LogP contribution in [0.25, 0.3) is 10.2 Å². The van der Waals surface area contributed by atoms with Gasteiger partial charge in [-0.15, -0.1) is 11.3 Å². The molecule has 4 rings (SSSR count). The van der Waals surface area contributed by atoms with Crippen LogP contribution < -0.4 is 0 Å². The summed E-state index contributed by atoms with van der Waals surface area (Å²) in [6, 6.07) is 14.6. The minimum absolute atomic E-state index is 0.0222. The molecular formula is C21H22N2O3S2. The molecule has 1 fully saturated rings. The Morgan fingerprint density at radius 1 is 1.18 bits per heavy atom. The summed E-state index contributed by atoms with van der Waals surface area (Å²) in [6.07, 6.45) is 1.87. The number of thiazole rings is 1. The van der Waals surface area contributed by atoms with Crippen molar-refractivity contribution in [1.29, 1.82) is 0 Å². The van der Waals surface area contributed by atoms with Gasteiger partial charge in [-0.05, 0) is 37.1 Å². The first-order valence-corrected chi connectivity index (χ1v) is 11.9. The van der Waals surface area contributed by atoms with E-state index >= 15 is 0 Å². The van der Waals surface area contributed by atoms with Crippen molar-refractivity contribution in [1.82, 2.24) is 9.88 Å². The van der Waals surface area contributed by atoms with Gasteiger partial charge in [-0.25, -0.2) is 13.4 Å². The van der Waals surface area contributed by atoms with Gasteiger partial charge in [0.2, 0.25) is 0 Å². The normalized spacial score (nSPS) is 17.8. The van der Waals surface area contributed by atoms with E-state index in [1.807, 2.05) is 18.2 Å². The minimum atomic E-state index is -3.45. The lowest BCUT2D eigenvalue weighted by Gasteiger charge is -2.32. The predicted octanol–water partition coefficient (Wildman–Crippen LogP) is 4.11. The molecule has 2 aromatic carbocycles. The molecule has 0 saturated carbocycles. The molecule has 1 aliphatic rings. The lowest BCUT2D eigenvalue weighted by molar-refractivity contribution is 0.0703. The van der Waals surface area contributed by atoms with Crippen LogP contribution >= 0.6 is 11.3 Å². The molecule has 146 valence electrons. The lowest BCUT2D eigenvalue weighted by Crippen LogP contribution is -2.39. The number of carbonyl (C=O) groups is 1. The number of hydrogen-bond donors (Lipinski definition) is 0. The molecular weight excluding hydrogens is 392 g/mol. The molecule has 5 nitrogen and oxygen atoms in total. The summed E-state index contributed by atoms with van der Waals surface area (Å²) in [6.45, 7) is 2.81. The summed E-state index contributed by atoms with van der Waals surface area (Å²) in [5.41, 5.74) is 1.26. The van der Waals surface area contributed by atoms with Gasteiger partial charge in [-0.2, -0.15) is 0 Å². The monoisotopic (exact) mass is 414 g/mol. The molecule has 3 aromatic rings. The van der Waals surface area contributed by atoms with Crippen LogP contribution in [0.1, 0.15) is 41.0 Å². The Hall–Kier alpha value is -2.25. The number of nitrogens with zero attached hydrogens (tertiary/aromatic N) is 2. The van der Waals surface area contributed by atoms with Crippen LogP contribution in [0.4, 0.5) is 0 Å². The predicted molar refractivity (Wildman–Crippen MR) is 112 cm³/mol. The second kappa shape index (κ2) is 7.64. The average molecular weight is 415 g/mol. The first-order chi connectivity index (χ1) is 13.5. The van der Waals surface area contributed by atoms with E-state index in [-0.39, 0.29) is 28.0 Å². The fourth-order valence-corrected chi connectivity index (χ4v) is 5.85. The molecule has 1 amide bonds. The molecule has 1 saturated heterocycles. The molecule has 0 N–H and O–H groups in total. The molecule has 28 heavy (non-hydrogen) atoms. The summed E-state index contributed by atoms with van der Waals surface area (Å²) >= 11 is 1.68. The summed E-state index contributed by atoms with van der Waals surface area (Å²) in [4.78, 5) is 19.8. The summed E-state index contributed by atoms with van der Waals surface area (Å²) in [5.74, 6) is -0.0468. The van der Waals surface area contributed by atoms with Gasteiger partial charge < -0.3 is 4.90 Å². The highest BCUT2D eigenvalue weighted by molar-refractivity contribution is 7.91. The highest BCUT2D eigenvalue weighted by Crippen LogP contribution is 2.33. The fourth-order valence-electron chi connectivity index (χ4n) is 3.67. The number of sulfone groups is 1. The number of fused-ring (bicyclic) bond motifs is 1. The standard InChI is InChI=1S/C21H22N2O3S2/c1-2-28(25,26)19-12-6-3-9-16(19)21(24)23-13-7-8-15(14-23)20-22-17-10-4-5-11-18(17)27-20/h3-6,9-12,15H,2,7-8,13-14H2,1H3/t15-/m0/s1. The van der Waals surface area contributed by atoms with Crippen LogP contribution in [0.3, 0.4) is 0 Å². The van der Waals surface area contributed by atoms with E-state index in [4.69, 9.17) is 4.98 Å². The molecule has 0 aliphatic carbocycles. The maximum Gasteiger partial charge on any atom is 0.255 e. The van der Waals surface area contributed by atoms with Crippen molar-refractivity contribution >= 4 is 37.3 Å². The van der Waals surface area contributed by atoms with Crippen molar-refractivity contribution in [2.24, 2.45) is 0 Å². The first kappa shape index (κ1) is 19.1. The van der Waals surface area contributed by atoms with Crippen LogP contribution in [-0.2, 0) is 9.84 Å². The second-order valence-corrected chi connectivity index (χ2v) is 10.3. The summed E-state index contributed by atoms with van der Waals surface area (Å²) in [5, 5.41) is 1.05. The zero-order valence-electron chi connectivity index (χ0n) is 15.7. The van der Waals surface area contributed by atoms with Crippen LogP contribution in [-0.4, -0.2) is 43.1 Å². The topological polar surface area (TPSA) is 67.3 Å². The van der Waals surface area contributed by atoms with E-state index in [1.54, 1.807) is 41.4 Å². The van der Waals surface area contributed by atoms with Crippen molar-refractivity contribution in [2.45, 2.75) is 30.6 Å². The average Bonchev–Trinajstić information content (AvgIpc) is 3.18. The molecule has 0 unspecified atom stereocenters. The van der Waals surface area contributed by atoms with Crippen molar-refractivity contribution in [3.8, 4) is 0 Å². The molecule has 2 heterocycles. The van der Waals surface area contributed by atoms with Gasteiger partial charge >= 0.3 is 0 Å². The quantitative estimate of drug-likeness (QED) is 0.644. The van der Waals surface area contributed by atoms with Gasteiger partial charge in [-0.1, -0.05) is 31.2 Å². The van der Waals surface area contributed by atoms with Crippen molar-refractivity contribution in [3.63, 3.8) is 0 Å². The largest absolute Gasteiger partial charge is 0.338 e. The summed E-state index contributed by atoms with van der Waals surface area (Å²) in [7, 11) is -3.45. The zero-order chi connectivity index (χ0) is 19.7. The maximum absolute atomic E-state index is 13.2. The molecule has 1 aliphatic heterocycles. The van der Waals surface area contributed by atoms with Crippen LogP contribution in [0, 0.1) is 0 Å². The van der Waals surface area contributed by atoms with Gasteiger partial charge in [0.05, 0.1) is 31.4 Å². The zero-order valence-corrected chi connectivity index (χ0v) is 17.3. The molecule has 7 heteroatoms. The van der Waals surface area contributed by atoms with Crippen LogP contribution in [0.2, 0.25) is 0 Å². The number of benzene rings is 2. The van der Waals surface area contributed by atoms with E-state index in [0.717, 1.165) is 28.1 Å². The molecule has 1 aromatic heterocycles. The smallest absolute Gasteiger partial charge is 0.255 e. The Labute approximate surface area is 168 Å². The Morgan fingerprint density at radius 2 is 1.93 bits per heavy atom. The van der Waals surface area contributed by atoms with Gasteiger partial charge in [-0.3, -0.25) is 4.79 Å². The van der Waals surface area contributed by atoms with E-state index in [2.05, 4.69) is 6.07 Å². The van der Waals surface area contributed by atoms with Crippen molar-refractivity contribution in [2.75, 3.05) is 18.8 Å². The number of amides is 1. The third kappa shape index (κ3) is 3.56. The van der Waals surface area contributed by atoms with Crippen molar-refractivity contribution in [3.05, 3.63) is 59.1 Å². The molecule has 0 spiro atoms.